The molecule has 22 heteroatoms. The summed E-state index contributed by atoms with van der Waals surface area (Å²) in [6.45, 7) is 8.96. The number of benzene rings is 3. The lowest BCUT2D eigenvalue weighted by Gasteiger charge is -2.40. The number of alkyl halides is 3. The van der Waals surface area contributed by atoms with Crippen molar-refractivity contribution < 1.29 is 45.5 Å². The maximum Gasteiger partial charge on any atom is 0.427 e. The number of anilines is 4. The number of nitro benzene ring substituents is 1. The number of H-pyrrole nitrogens is 1. The average Bonchev–Trinajstić information content (AvgIpc) is 4.11. The van der Waals surface area contributed by atoms with E-state index in [1.54, 1.807) is 30.5 Å². The summed E-state index contributed by atoms with van der Waals surface area (Å²) in [6.07, 6.45) is -1.64. The molecule has 11 rings (SSSR count). The van der Waals surface area contributed by atoms with Crippen molar-refractivity contribution in [2.75, 3.05) is 80.7 Å². The van der Waals surface area contributed by atoms with Crippen molar-refractivity contribution in [2.45, 2.75) is 74.9 Å². The van der Waals surface area contributed by atoms with Gasteiger partial charge in [-0.05, 0) is 84.7 Å². The third kappa shape index (κ3) is 9.52. The SMILES string of the molecule is CC1(C)CCC(CN2CCN(c3ccc(C(=O)NS(=O)(=O)c4cc5c(c([N+](=O)[O-])c4)N[C@H](CN4C[C@@H]6C[C@H]4CO6)CO5)c(N4C[C@@H](C(F)(F)F)Oc5nc6[nH]ccc6cc54)c3)CC2)=C(c2ccc(Cl)cc2)C1. The molecule has 6 aliphatic rings. The summed E-state index contributed by atoms with van der Waals surface area (Å²) in [7, 11) is -4.88. The van der Waals surface area contributed by atoms with E-state index in [-0.39, 0.29) is 70.1 Å². The first kappa shape index (κ1) is 48.2. The highest BCUT2D eigenvalue weighted by atomic mass is 35.5. The van der Waals surface area contributed by atoms with Crippen LogP contribution in [0.15, 0.2) is 83.4 Å². The van der Waals surface area contributed by atoms with Gasteiger partial charge in [0.1, 0.15) is 17.9 Å². The predicted molar refractivity (Wildman–Crippen MR) is 265 cm³/mol. The first-order valence-corrected chi connectivity index (χ1v) is 25.9. The Morgan fingerprint density at radius 1 is 1.01 bits per heavy atom. The van der Waals surface area contributed by atoms with E-state index in [1.165, 1.54) is 22.1 Å². The highest BCUT2D eigenvalue weighted by molar-refractivity contribution is 7.90. The fourth-order valence-corrected chi connectivity index (χ4v) is 12.1. The van der Waals surface area contributed by atoms with E-state index in [0.29, 0.717) is 55.4 Å². The Balaban J connectivity index is 0.889. The molecule has 380 valence electrons. The van der Waals surface area contributed by atoms with E-state index in [2.05, 4.69) is 60.7 Å². The van der Waals surface area contributed by atoms with E-state index >= 15 is 0 Å². The normalized spacial score (nSPS) is 23.3. The molecule has 1 amide bonds. The fraction of sp³-hybridized carbons (Fsp3) is 0.440. The third-order valence-electron chi connectivity index (χ3n) is 14.8. The number of pyridine rings is 1. The number of sulfonamides is 1. The number of hydrogen-bond acceptors (Lipinski definition) is 14. The zero-order valence-corrected chi connectivity index (χ0v) is 41.1. The van der Waals surface area contributed by atoms with Crippen LogP contribution in [0.4, 0.5) is 41.6 Å². The zero-order chi connectivity index (χ0) is 50.3. The van der Waals surface area contributed by atoms with Gasteiger partial charge in [-0.15, -0.1) is 0 Å². The molecule has 3 aromatic carbocycles. The minimum absolute atomic E-state index is 0.00832. The number of ether oxygens (including phenoxy) is 3. The lowest BCUT2D eigenvalue weighted by atomic mass is 9.72. The van der Waals surface area contributed by atoms with Gasteiger partial charge in [0.05, 0.1) is 46.4 Å². The highest BCUT2D eigenvalue weighted by Crippen LogP contribution is 2.46. The molecule has 3 fully saturated rings. The number of carbonyl (C=O) groups excluding carboxylic acids is 1. The number of rotatable bonds is 11. The second-order valence-electron chi connectivity index (χ2n) is 20.3. The van der Waals surface area contributed by atoms with Crippen LogP contribution < -0.4 is 29.3 Å². The van der Waals surface area contributed by atoms with Crippen LogP contribution in [0.2, 0.25) is 5.02 Å². The summed E-state index contributed by atoms with van der Waals surface area (Å²) in [5.41, 5.74) is 4.15. The second-order valence-corrected chi connectivity index (χ2v) is 22.5. The van der Waals surface area contributed by atoms with E-state index in [9.17, 15) is 36.5 Å². The quantitative estimate of drug-likeness (QED) is 0.0850. The van der Waals surface area contributed by atoms with E-state index < -0.39 is 50.3 Å². The number of piperazine rings is 1. The molecule has 4 atom stereocenters. The van der Waals surface area contributed by atoms with Gasteiger partial charge in [0.2, 0.25) is 12.0 Å². The van der Waals surface area contributed by atoms with Crippen LogP contribution in [-0.2, 0) is 14.8 Å². The minimum atomic E-state index is -4.88. The number of morpholine rings is 1. The van der Waals surface area contributed by atoms with Crippen LogP contribution >= 0.6 is 11.6 Å². The van der Waals surface area contributed by atoms with Gasteiger partial charge in [-0.3, -0.25) is 24.7 Å². The van der Waals surface area contributed by atoms with E-state index in [4.69, 9.17) is 25.8 Å². The standard InChI is InChI=1S/C50H53ClF3N9O8S/c1-49(2)11-9-31(39(22-49)29-3-5-32(51)6-4-29)23-59-13-15-60(16-14-59)34-7-8-38(40(19-34)62-26-44(50(52,53)54)71-48-42(62)17-30-10-12-55-46(30)57-48)47(64)58-72(67,68)37-20-41(63(65)66)45-43(21-37)70-27-33(56-45)24-61-25-36-18-35(61)28-69-36/h3-8,10,12,17,19-21,33,35-36,44,56H,9,11,13-16,18,22-28H2,1-2H3,(H,55,57)(H,58,64)/t33-,35+,36+,44+/m1/s1. The number of nitrogens with zero attached hydrogens (tertiary/aromatic N) is 6. The number of carbonyl (C=O) groups is 1. The molecule has 7 heterocycles. The van der Waals surface area contributed by atoms with Crippen molar-refractivity contribution in [3.8, 4) is 11.6 Å². The molecule has 17 nitrogen and oxygen atoms in total. The number of likely N-dealkylation sites (tertiary alicyclic amines) is 1. The largest absolute Gasteiger partial charge is 0.489 e. The maximum atomic E-state index is 14.7. The Hall–Kier alpha value is -6.13. The van der Waals surface area contributed by atoms with Crippen LogP contribution in [0.25, 0.3) is 16.6 Å². The van der Waals surface area contributed by atoms with Crippen LogP contribution in [-0.4, -0.2) is 135 Å². The summed E-state index contributed by atoms with van der Waals surface area (Å²) in [4.78, 5) is 40.9. The number of halogens is 4. The number of aromatic nitrogens is 2. The van der Waals surface area contributed by atoms with Gasteiger partial charge in [0.15, 0.2) is 11.4 Å². The summed E-state index contributed by atoms with van der Waals surface area (Å²) >= 11 is 6.26. The first-order chi connectivity index (χ1) is 34.3. The van der Waals surface area contributed by atoms with Gasteiger partial charge in [-0.1, -0.05) is 43.2 Å². The maximum absolute atomic E-state index is 14.7. The number of hydrogen-bond donors (Lipinski definition) is 3. The zero-order valence-electron chi connectivity index (χ0n) is 39.5. The molecule has 0 saturated carbocycles. The van der Waals surface area contributed by atoms with Gasteiger partial charge in [-0.25, -0.2) is 13.1 Å². The van der Waals surface area contributed by atoms with Gasteiger partial charge < -0.3 is 34.3 Å². The molecule has 0 spiro atoms. The number of allylic oxidation sites excluding steroid dienone is 1. The Bertz CT molecular complexity index is 3110. The Morgan fingerprint density at radius 2 is 1.81 bits per heavy atom. The van der Waals surface area contributed by atoms with Gasteiger partial charge in [0.25, 0.3) is 21.6 Å². The summed E-state index contributed by atoms with van der Waals surface area (Å²) in [5, 5.41) is 16.9. The van der Waals surface area contributed by atoms with Crippen LogP contribution in [0, 0.1) is 15.5 Å². The molecule has 3 N–H and O–H groups in total. The summed E-state index contributed by atoms with van der Waals surface area (Å²) in [5.74, 6) is -1.61. The van der Waals surface area contributed by atoms with E-state index in [0.717, 1.165) is 56.5 Å². The molecular weight excluding hydrogens is 979 g/mol. The number of aromatic amines is 1. The number of nitrogens with one attached hydrogen (secondary N) is 3. The Labute approximate surface area is 418 Å². The lowest BCUT2D eigenvalue weighted by Crippen LogP contribution is -2.48. The highest BCUT2D eigenvalue weighted by Gasteiger charge is 2.48. The first-order valence-electron chi connectivity index (χ1n) is 24.1. The molecule has 5 aromatic rings. The number of nitro groups is 1. The Kier molecular flexibility index (Phi) is 12.3. The molecule has 1 aliphatic carbocycles. The van der Waals surface area contributed by atoms with Crippen molar-refractivity contribution in [2.24, 2.45) is 5.41 Å². The van der Waals surface area contributed by atoms with Crippen LogP contribution in [0.1, 0.15) is 55.5 Å². The van der Waals surface area contributed by atoms with Crippen LogP contribution in [0.3, 0.4) is 0 Å². The Morgan fingerprint density at radius 3 is 2.53 bits per heavy atom. The van der Waals surface area contributed by atoms with Gasteiger partial charge in [-0.2, -0.15) is 18.2 Å². The van der Waals surface area contributed by atoms with Crippen molar-refractivity contribution >= 4 is 72.6 Å². The molecule has 5 aliphatic heterocycles. The lowest BCUT2D eigenvalue weighted by molar-refractivity contribution is -0.384. The van der Waals surface area contributed by atoms with Crippen molar-refractivity contribution in [1.29, 1.82) is 0 Å². The molecule has 72 heavy (non-hydrogen) atoms. The van der Waals surface area contributed by atoms with Crippen molar-refractivity contribution in [3.05, 3.63) is 105 Å². The van der Waals surface area contributed by atoms with Gasteiger partial charge in [0, 0.05) is 86.3 Å². The van der Waals surface area contributed by atoms with E-state index in [1.807, 2.05) is 12.1 Å². The summed E-state index contributed by atoms with van der Waals surface area (Å²) < 4.78 is 91.7. The summed E-state index contributed by atoms with van der Waals surface area (Å²) in [6, 6.07) is 17.8. The van der Waals surface area contributed by atoms with Crippen molar-refractivity contribution in [1.82, 2.24) is 24.5 Å². The molecular formula is C50H53ClF3N9O8S. The molecule has 2 bridgehead atoms. The minimum Gasteiger partial charge on any atom is -0.489 e. The monoisotopic (exact) mass is 1030 g/mol. The third-order valence-corrected chi connectivity index (χ3v) is 16.4. The molecule has 0 unspecified atom stereocenters. The van der Waals surface area contributed by atoms with Crippen LogP contribution in [0.5, 0.6) is 11.6 Å². The molecule has 3 saturated heterocycles. The van der Waals surface area contributed by atoms with Crippen molar-refractivity contribution in [3.63, 3.8) is 0 Å². The number of fused-ring (bicyclic) bond motifs is 5. The fourth-order valence-electron chi connectivity index (χ4n) is 11.0. The molecule has 2 aromatic heterocycles. The topological polar surface area (TPSA) is 188 Å². The smallest absolute Gasteiger partial charge is 0.427 e. The predicted octanol–water partition coefficient (Wildman–Crippen LogP) is 8.14. The average molecular weight is 1030 g/mol. The van der Waals surface area contributed by atoms with Gasteiger partial charge >= 0.3 is 6.18 Å². The molecule has 0 radical (unpaired) electrons. The second kappa shape index (κ2) is 18.4. The number of amides is 1.